The number of aromatic nitrogens is 2. The third-order valence-electron chi connectivity index (χ3n) is 2.53. The molecule has 0 aromatic carbocycles. The van der Waals surface area contributed by atoms with Crippen molar-refractivity contribution in [3.63, 3.8) is 0 Å². The van der Waals surface area contributed by atoms with Gasteiger partial charge in [0.05, 0.1) is 16.6 Å². The number of aryl methyl sites for hydroxylation is 2. The van der Waals surface area contributed by atoms with Crippen LogP contribution in [-0.2, 0) is 16.6 Å². The standard InChI is InChI=1S/C11H14ClN3O2S2/c1-8-7-9(2)15(14-8)6-5-13-19(16,17)11-4-3-10(12)18-11/h3-4,7,13H,5-6H2,1-2H3. The molecule has 0 saturated heterocycles. The van der Waals surface area contributed by atoms with Crippen LogP contribution in [0.4, 0.5) is 0 Å². The molecule has 8 heteroatoms. The molecule has 0 aliphatic rings. The van der Waals surface area contributed by atoms with Gasteiger partial charge in [0.15, 0.2) is 0 Å². The number of nitrogens with zero attached hydrogens (tertiary/aromatic N) is 2. The van der Waals surface area contributed by atoms with Gasteiger partial charge in [-0.15, -0.1) is 11.3 Å². The quantitative estimate of drug-likeness (QED) is 0.919. The zero-order valence-corrected chi connectivity index (χ0v) is 12.9. The van der Waals surface area contributed by atoms with Crippen LogP contribution in [0.15, 0.2) is 22.4 Å². The van der Waals surface area contributed by atoms with Crippen LogP contribution in [0.5, 0.6) is 0 Å². The fourth-order valence-electron chi connectivity index (χ4n) is 1.70. The SMILES string of the molecule is Cc1cc(C)n(CCNS(=O)(=O)c2ccc(Cl)s2)n1. The molecule has 1 N–H and O–H groups in total. The first-order chi connectivity index (χ1) is 8.88. The van der Waals surface area contributed by atoms with Gasteiger partial charge in [-0.3, -0.25) is 4.68 Å². The lowest BCUT2D eigenvalue weighted by molar-refractivity contribution is 0.555. The third kappa shape index (κ3) is 3.56. The summed E-state index contributed by atoms with van der Waals surface area (Å²) in [5.41, 5.74) is 1.93. The molecule has 0 radical (unpaired) electrons. The zero-order chi connectivity index (χ0) is 14.0. The van der Waals surface area contributed by atoms with Crippen molar-refractivity contribution in [2.24, 2.45) is 0 Å². The average molecular weight is 320 g/mol. The highest BCUT2D eigenvalue weighted by Crippen LogP contribution is 2.25. The van der Waals surface area contributed by atoms with Crippen LogP contribution >= 0.6 is 22.9 Å². The monoisotopic (exact) mass is 319 g/mol. The van der Waals surface area contributed by atoms with E-state index in [0.29, 0.717) is 17.4 Å². The summed E-state index contributed by atoms with van der Waals surface area (Å²) in [7, 11) is -3.47. The van der Waals surface area contributed by atoms with Crippen LogP contribution in [0.2, 0.25) is 4.34 Å². The van der Waals surface area contributed by atoms with Crippen LogP contribution in [0, 0.1) is 13.8 Å². The van der Waals surface area contributed by atoms with Crippen molar-refractivity contribution in [1.82, 2.24) is 14.5 Å². The Bertz CT molecular complexity index is 676. The minimum Gasteiger partial charge on any atom is -0.268 e. The van der Waals surface area contributed by atoms with E-state index >= 15 is 0 Å². The summed E-state index contributed by atoms with van der Waals surface area (Å²) in [6.07, 6.45) is 0. The predicted molar refractivity (Wildman–Crippen MR) is 76.2 cm³/mol. The topological polar surface area (TPSA) is 64.0 Å². The molecule has 0 aliphatic carbocycles. The van der Waals surface area contributed by atoms with E-state index in [1.165, 1.54) is 6.07 Å². The van der Waals surface area contributed by atoms with Gasteiger partial charge < -0.3 is 0 Å². The fraction of sp³-hybridized carbons (Fsp3) is 0.364. The molecule has 2 aromatic heterocycles. The highest BCUT2D eigenvalue weighted by molar-refractivity contribution is 7.91. The molecular weight excluding hydrogens is 306 g/mol. The maximum absolute atomic E-state index is 11.9. The second kappa shape index (κ2) is 5.62. The molecule has 0 unspecified atom stereocenters. The first-order valence-electron chi connectivity index (χ1n) is 5.64. The van der Waals surface area contributed by atoms with Gasteiger partial charge in [0, 0.05) is 12.2 Å². The van der Waals surface area contributed by atoms with E-state index in [2.05, 4.69) is 9.82 Å². The average Bonchev–Trinajstić information content (AvgIpc) is 2.86. The first kappa shape index (κ1) is 14.5. The fourth-order valence-corrected chi connectivity index (χ4v) is 4.25. The lowest BCUT2D eigenvalue weighted by atomic mass is 10.4. The number of thiophene rings is 1. The van der Waals surface area contributed by atoms with Crippen molar-refractivity contribution >= 4 is 33.0 Å². The summed E-state index contributed by atoms with van der Waals surface area (Å²) < 4.78 is 28.9. The van der Waals surface area contributed by atoms with Crippen molar-refractivity contribution in [3.8, 4) is 0 Å². The van der Waals surface area contributed by atoms with E-state index < -0.39 is 10.0 Å². The Morgan fingerprint density at radius 2 is 2.16 bits per heavy atom. The summed E-state index contributed by atoms with van der Waals surface area (Å²) in [5.74, 6) is 0. The highest BCUT2D eigenvalue weighted by atomic mass is 35.5. The van der Waals surface area contributed by atoms with Gasteiger partial charge in [0.2, 0.25) is 10.0 Å². The molecule has 2 heterocycles. The molecule has 0 spiro atoms. The summed E-state index contributed by atoms with van der Waals surface area (Å²) in [4.78, 5) is 0. The first-order valence-corrected chi connectivity index (χ1v) is 8.32. The lowest BCUT2D eigenvalue weighted by Gasteiger charge is -2.06. The number of halogens is 1. The van der Waals surface area contributed by atoms with Crippen molar-refractivity contribution in [1.29, 1.82) is 0 Å². The van der Waals surface area contributed by atoms with Crippen LogP contribution in [0.25, 0.3) is 0 Å². The predicted octanol–water partition coefficient (Wildman–Crippen LogP) is 2.19. The second-order valence-electron chi connectivity index (χ2n) is 4.11. The second-order valence-corrected chi connectivity index (χ2v) is 7.82. The van der Waals surface area contributed by atoms with Crippen LogP contribution in [0.1, 0.15) is 11.4 Å². The molecule has 104 valence electrons. The van der Waals surface area contributed by atoms with E-state index in [1.54, 1.807) is 10.7 Å². The maximum Gasteiger partial charge on any atom is 0.250 e. The number of hydrogen-bond donors (Lipinski definition) is 1. The Labute approximate surface area is 121 Å². The molecule has 5 nitrogen and oxygen atoms in total. The number of sulfonamides is 1. The Morgan fingerprint density at radius 3 is 2.68 bits per heavy atom. The van der Waals surface area contributed by atoms with Crippen molar-refractivity contribution in [2.45, 2.75) is 24.6 Å². The van der Waals surface area contributed by atoms with Gasteiger partial charge in [0.1, 0.15) is 4.21 Å². The summed E-state index contributed by atoms with van der Waals surface area (Å²) >= 11 is 6.77. The summed E-state index contributed by atoms with van der Waals surface area (Å²) in [6, 6.07) is 5.02. The van der Waals surface area contributed by atoms with Crippen molar-refractivity contribution in [2.75, 3.05) is 6.54 Å². The minimum absolute atomic E-state index is 0.228. The van der Waals surface area contributed by atoms with Gasteiger partial charge in [-0.2, -0.15) is 5.10 Å². The molecule has 2 rings (SSSR count). The molecule has 0 bridgehead atoms. The third-order valence-corrected chi connectivity index (χ3v) is 5.72. The van der Waals surface area contributed by atoms with E-state index in [9.17, 15) is 8.42 Å². The molecule has 0 fully saturated rings. The molecule has 0 atom stereocenters. The van der Waals surface area contributed by atoms with Gasteiger partial charge in [-0.1, -0.05) is 11.6 Å². The Hall–Kier alpha value is -0.890. The number of nitrogens with one attached hydrogen (secondary N) is 1. The van der Waals surface area contributed by atoms with Crippen LogP contribution in [0.3, 0.4) is 0 Å². The van der Waals surface area contributed by atoms with Crippen molar-refractivity contribution in [3.05, 3.63) is 33.9 Å². The Balaban J connectivity index is 1.97. The van der Waals surface area contributed by atoms with Crippen LogP contribution in [-0.4, -0.2) is 24.7 Å². The molecule has 0 saturated carbocycles. The highest BCUT2D eigenvalue weighted by Gasteiger charge is 2.16. The van der Waals surface area contributed by atoms with E-state index in [0.717, 1.165) is 22.7 Å². The van der Waals surface area contributed by atoms with Crippen LogP contribution < -0.4 is 4.72 Å². The van der Waals surface area contributed by atoms with E-state index in [-0.39, 0.29) is 4.21 Å². The van der Waals surface area contributed by atoms with Crippen molar-refractivity contribution < 1.29 is 8.42 Å². The minimum atomic E-state index is -3.47. The van der Waals surface area contributed by atoms with Gasteiger partial charge >= 0.3 is 0 Å². The number of hydrogen-bond acceptors (Lipinski definition) is 4. The molecular formula is C11H14ClN3O2S2. The molecule has 19 heavy (non-hydrogen) atoms. The molecule has 2 aromatic rings. The van der Waals surface area contributed by atoms with E-state index in [4.69, 9.17) is 11.6 Å². The van der Waals surface area contributed by atoms with Gasteiger partial charge in [-0.05, 0) is 32.0 Å². The summed E-state index contributed by atoms with van der Waals surface area (Å²) in [6.45, 7) is 4.63. The Kier molecular flexibility index (Phi) is 4.29. The molecule has 0 amide bonds. The molecule has 0 aliphatic heterocycles. The lowest BCUT2D eigenvalue weighted by Crippen LogP contribution is -2.27. The smallest absolute Gasteiger partial charge is 0.250 e. The van der Waals surface area contributed by atoms with Gasteiger partial charge in [0.25, 0.3) is 0 Å². The largest absolute Gasteiger partial charge is 0.268 e. The normalized spacial score (nSPS) is 11.9. The van der Waals surface area contributed by atoms with Gasteiger partial charge in [-0.25, -0.2) is 13.1 Å². The van der Waals surface area contributed by atoms with E-state index in [1.807, 2.05) is 19.9 Å². The summed E-state index contributed by atoms with van der Waals surface area (Å²) in [5, 5.41) is 4.27. The maximum atomic E-state index is 11.9. The number of rotatable bonds is 5. The zero-order valence-electron chi connectivity index (χ0n) is 10.6. The Morgan fingerprint density at radius 1 is 1.42 bits per heavy atom.